The average Bonchev–Trinajstić information content (AvgIpc) is 3.89. The number of hydrogen-bond acceptors (Lipinski definition) is 5. The van der Waals surface area contributed by atoms with Gasteiger partial charge in [0, 0.05) is 57.0 Å². The van der Waals surface area contributed by atoms with Crippen LogP contribution in [0.25, 0.3) is 129 Å². The van der Waals surface area contributed by atoms with Crippen LogP contribution in [0.5, 0.6) is 0 Å². The van der Waals surface area contributed by atoms with Crippen molar-refractivity contribution in [3.05, 3.63) is 188 Å². The highest BCUT2D eigenvalue weighted by molar-refractivity contribution is 7.26. The molecule has 60 heavy (non-hydrogen) atoms. The number of fused-ring (bicyclic) bond motifs is 14. The van der Waals surface area contributed by atoms with Crippen molar-refractivity contribution in [1.29, 1.82) is 0 Å². The van der Waals surface area contributed by atoms with Crippen LogP contribution in [-0.2, 0) is 0 Å². The fraction of sp³-hybridized carbons (Fsp3) is 0. The van der Waals surface area contributed by atoms with E-state index in [4.69, 9.17) is 15.0 Å². The van der Waals surface area contributed by atoms with E-state index in [1.165, 1.54) is 89.0 Å². The molecule has 10 aromatic carbocycles. The summed E-state index contributed by atoms with van der Waals surface area (Å²) >= 11 is 3.63. The summed E-state index contributed by atoms with van der Waals surface area (Å²) in [6.45, 7) is 0. The molecule has 0 aliphatic carbocycles. The lowest BCUT2D eigenvalue weighted by Gasteiger charge is -2.16. The van der Waals surface area contributed by atoms with Gasteiger partial charge in [0.05, 0.1) is 0 Å². The van der Waals surface area contributed by atoms with E-state index in [1.54, 1.807) is 0 Å². The van der Waals surface area contributed by atoms with Crippen LogP contribution in [0.4, 0.5) is 0 Å². The van der Waals surface area contributed by atoms with E-state index >= 15 is 0 Å². The van der Waals surface area contributed by atoms with Crippen LogP contribution in [0.1, 0.15) is 0 Å². The molecular weight excluding hydrogens is 767 g/mol. The van der Waals surface area contributed by atoms with Gasteiger partial charge in [-0.05, 0) is 109 Å². The molecule has 0 fully saturated rings. The minimum atomic E-state index is 0.646. The molecule has 0 unspecified atom stereocenters. The number of hydrogen-bond donors (Lipinski definition) is 0. The fourth-order valence-corrected chi connectivity index (χ4v) is 11.5. The molecule has 0 aliphatic heterocycles. The summed E-state index contributed by atoms with van der Waals surface area (Å²) in [5, 5.41) is 15.1. The third-order valence-electron chi connectivity index (χ3n) is 12.1. The smallest absolute Gasteiger partial charge is 0.164 e. The molecule has 0 aliphatic rings. The van der Waals surface area contributed by atoms with Crippen LogP contribution in [0.15, 0.2) is 188 Å². The van der Waals surface area contributed by atoms with Gasteiger partial charge in [-0.3, -0.25) is 0 Å². The zero-order valence-electron chi connectivity index (χ0n) is 32.1. The molecule has 0 atom stereocenters. The molecule has 3 heterocycles. The highest BCUT2D eigenvalue weighted by Gasteiger charge is 2.18. The highest BCUT2D eigenvalue weighted by Crippen LogP contribution is 2.43. The second-order valence-corrected chi connectivity index (χ2v) is 17.7. The van der Waals surface area contributed by atoms with Crippen molar-refractivity contribution in [2.75, 3.05) is 0 Å². The number of benzene rings is 10. The van der Waals surface area contributed by atoms with E-state index in [1.807, 2.05) is 22.7 Å². The van der Waals surface area contributed by atoms with Crippen LogP contribution in [0.2, 0.25) is 0 Å². The van der Waals surface area contributed by atoms with Gasteiger partial charge in [-0.15, -0.1) is 22.7 Å². The summed E-state index contributed by atoms with van der Waals surface area (Å²) in [6, 6.07) is 68.1. The van der Waals surface area contributed by atoms with E-state index in [2.05, 4.69) is 188 Å². The lowest BCUT2D eigenvalue weighted by Crippen LogP contribution is -2.00. The molecule has 5 heteroatoms. The van der Waals surface area contributed by atoms with Crippen molar-refractivity contribution in [3.63, 3.8) is 0 Å². The maximum absolute atomic E-state index is 5.21. The fourth-order valence-electron chi connectivity index (χ4n) is 9.30. The molecular formula is C55H31N3S2. The van der Waals surface area contributed by atoms with Crippen molar-refractivity contribution in [3.8, 4) is 45.3 Å². The maximum atomic E-state index is 5.21. The highest BCUT2D eigenvalue weighted by atomic mass is 32.1. The van der Waals surface area contributed by atoms with Gasteiger partial charge in [-0.25, -0.2) is 15.0 Å². The average molecular weight is 798 g/mol. The van der Waals surface area contributed by atoms with Gasteiger partial charge < -0.3 is 0 Å². The Kier molecular flexibility index (Phi) is 7.35. The lowest BCUT2D eigenvalue weighted by molar-refractivity contribution is 1.08. The Morgan fingerprint density at radius 1 is 0.250 bits per heavy atom. The first kappa shape index (κ1) is 33.6. The van der Waals surface area contributed by atoms with Crippen LogP contribution in [0, 0.1) is 0 Å². The molecule has 0 spiro atoms. The van der Waals surface area contributed by atoms with Gasteiger partial charge in [-0.1, -0.05) is 133 Å². The van der Waals surface area contributed by atoms with Crippen molar-refractivity contribution >= 4 is 106 Å². The first-order chi connectivity index (χ1) is 29.7. The second kappa shape index (κ2) is 13.1. The third-order valence-corrected chi connectivity index (χ3v) is 14.4. The number of rotatable bonds is 4. The first-order valence-corrected chi connectivity index (χ1v) is 21.8. The Morgan fingerprint density at radius 3 is 1.17 bits per heavy atom. The second-order valence-electron chi connectivity index (χ2n) is 15.5. The SMILES string of the molecule is c1ccc2c(c1)sc1ccc(-c3nc(-c4ccc(-c5cc6c7ccccc7c7ccccc7c6c6ccccc56)cc4)nc(-c4ccc5sc6ccccc6c5c4)n3)cc12. The standard InChI is InChI=1S/C55H31N3S2/c1-2-13-38-36(11-1)37-12-3-5-17-42(37)52-43-18-6-4-14-39(43)44(31-47(38)52)32-21-23-33(24-22-32)53-56-54(34-25-27-50-45(29-34)40-15-7-9-19-48(40)59-50)58-55(57-53)35-26-28-51-46(30-35)41-16-8-10-20-49(41)60-51/h1-31H. The van der Waals surface area contributed by atoms with Gasteiger partial charge in [0.25, 0.3) is 0 Å². The third kappa shape index (κ3) is 5.16. The quantitative estimate of drug-likeness (QED) is 0.167. The molecule has 0 N–H and O–H groups in total. The summed E-state index contributed by atoms with van der Waals surface area (Å²) in [5.41, 5.74) is 5.23. The molecule has 3 aromatic heterocycles. The van der Waals surface area contributed by atoms with Crippen LogP contribution in [-0.4, -0.2) is 15.0 Å². The summed E-state index contributed by atoms with van der Waals surface area (Å²) in [7, 11) is 0. The Balaban J connectivity index is 0.991. The Labute approximate surface area is 352 Å². The molecule has 0 saturated carbocycles. The predicted octanol–water partition coefficient (Wildman–Crippen LogP) is 15.9. The summed E-state index contributed by atoms with van der Waals surface area (Å²) in [5.74, 6) is 1.96. The molecule has 13 rings (SSSR count). The number of nitrogens with zero attached hydrogens (tertiary/aromatic N) is 3. The summed E-state index contributed by atoms with van der Waals surface area (Å²) in [4.78, 5) is 15.6. The largest absolute Gasteiger partial charge is 0.208 e. The molecule has 3 nitrogen and oxygen atoms in total. The van der Waals surface area contributed by atoms with Crippen LogP contribution < -0.4 is 0 Å². The summed E-state index contributed by atoms with van der Waals surface area (Å²) in [6.07, 6.45) is 0. The lowest BCUT2D eigenvalue weighted by atomic mass is 9.87. The molecule has 0 bridgehead atoms. The molecule has 0 amide bonds. The Hall–Kier alpha value is -7.31. The number of aromatic nitrogens is 3. The van der Waals surface area contributed by atoms with Gasteiger partial charge in [0.15, 0.2) is 17.5 Å². The first-order valence-electron chi connectivity index (χ1n) is 20.2. The van der Waals surface area contributed by atoms with Crippen molar-refractivity contribution < 1.29 is 0 Å². The van der Waals surface area contributed by atoms with Gasteiger partial charge in [0.2, 0.25) is 0 Å². The monoisotopic (exact) mass is 797 g/mol. The van der Waals surface area contributed by atoms with E-state index in [-0.39, 0.29) is 0 Å². The van der Waals surface area contributed by atoms with Crippen molar-refractivity contribution in [1.82, 2.24) is 15.0 Å². The Morgan fingerprint density at radius 2 is 0.617 bits per heavy atom. The van der Waals surface area contributed by atoms with Gasteiger partial charge in [-0.2, -0.15) is 0 Å². The Bertz CT molecular complexity index is 3770. The van der Waals surface area contributed by atoms with E-state index in [0.29, 0.717) is 17.5 Å². The van der Waals surface area contributed by atoms with Gasteiger partial charge >= 0.3 is 0 Å². The topological polar surface area (TPSA) is 38.7 Å². The van der Waals surface area contributed by atoms with Gasteiger partial charge in [0.1, 0.15) is 0 Å². The maximum Gasteiger partial charge on any atom is 0.164 e. The molecule has 13 aromatic rings. The van der Waals surface area contributed by atoms with E-state index < -0.39 is 0 Å². The predicted molar refractivity (Wildman–Crippen MR) is 257 cm³/mol. The minimum Gasteiger partial charge on any atom is -0.208 e. The van der Waals surface area contributed by atoms with Crippen LogP contribution >= 0.6 is 22.7 Å². The normalized spacial score (nSPS) is 12.0. The van der Waals surface area contributed by atoms with Crippen molar-refractivity contribution in [2.24, 2.45) is 0 Å². The molecule has 278 valence electrons. The van der Waals surface area contributed by atoms with Crippen molar-refractivity contribution in [2.45, 2.75) is 0 Å². The molecule has 0 radical (unpaired) electrons. The zero-order valence-corrected chi connectivity index (χ0v) is 33.7. The minimum absolute atomic E-state index is 0.646. The van der Waals surface area contributed by atoms with E-state index in [0.717, 1.165) is 22.3 Å². The number of thiophene rings is 2. The zero-order chi connectivity index (χ0) is 39.3. The van der Waals surface area contributed by atoms with E-state index in [9.17, 15) is 0 Å². The van der Waals surface area contributed by atoms with Crippen LogP contribution in [0.3, 0.4) is 0 Å². The molecule has 0 saturated heterocycles. The summed E-state index contributed by atoms with van der Waals surface area (Å²) < 4.78 is 5.06.